The molecule has 0 aromatic carbocycles. The van der Waals surface area contributed by atoms with Crippen molar-refractivity contribution in [2.24, 2.45) is 0 Å². The maximum atomic E-state index is 11.6. The minimum Gasteiger partial charge on any atom is -0.379 e. The van der Waals surface area contributed by atoms with E-state index in [-0.39, 0.29) is 17.4 Å². The van der Waals surface area contributed by atoms with Crippen LogP contribution in [0.2, 0.25) is 0 Å². The second kappa shape index (κ2) is 6.45. The van der Waals surface area contributed by atoms with E-state index in [0.29, 0.717) is 6.54 Å². The number of rotatable bonds is 6. The van der Waals surface area contributed by atoms with Crippen molar-refractivity contribution in [3.05, 3.63) is 35.8 Å². The van der Waals surface area contributed by atoms with Crippen LogP contribution in [-0.4, -0.2) is 34.3 Å². The molecule has 5 N–H and O–H groups in total. The first-order chi connectivity index (χ1) is 9.27. The topological polar surface area (TPSA) is 124 Å². The van der Waals surface area contributed by atoms with E-state index in [1.54, 1.807) is 12.4 Å². The molecule has 0 aliphatic carbocycles. The predicted octanol–water partition coefficient (Wildman–Crippen LogP) is -1.46. The van der Waals surface area contributed by atoms with Gasteiger partial charge in [-0.05, 0) is 22.4 Å². The molecule has 0 unspecified atom stereocenters. The second-order valence-electron chi connectivity index (χ2n) is 3.89. The van der Waals surface area contributed by atoms with Crippen molar-refractivity contribution in [3.8, 4) is 0 Å². The molecule has 2 aromatic rings. The summed E-state index contributed by atoms with van der Waals surface area (Å²) in [6.07, 6.45) is 3.51. The third kappa shape index (κ3) is 3.75. The van der Waals surface area contributed by atoms with Crippen LogP contribution in [0.1, 0.15) is 16.1 Å². The van der Waals surface area contributed by atoms with Gasteiger partial charge in [0.25, 0.3) is 5.91 Å². The van der Waals surface area contributed by atoms with Crippen molar-refractivity contribution in [1.29, 1.82) is 0 Å². The van der Waals surface area contributed by atoms with E-state index in [1.165, 1.54) is 5.56 Å². The van der Waals surface area contributed by atoms with Crippen LogP contribution in [0.3, 0.4) is 0 Å². The maximum absolute atomic E-state index is 11.6. The zero-order valence-corrected chi connectivity index (χ0v) is 10.2. The SMILES string of the molecule is Nc1nonc1C(=O)NCC[NH2+]Cc1ccncc1. The monoisotopic (exact) mass is 263 g/mol. The predicted molar refractivity (Wildman–Crippen MR) is 65.8 cm³/mol. The molecule has 1 amide bonds. The first kappa shape index (κ1) is 13.0. The third-order valence-electron chi connectivity index (χ3n) is 2.49. The number of quaternary nitrogens is 1. The van der Waals surface area contributed by atoms with Gasteiger partial charge < -0.3 is 16.4 Å². The fraction of sp³-hybridized carbons (Fsp3) is 0.273. The molecule has 8 heteroatoms. The van der Waals surface area contributed by atoms with Crippen LogP contribution >= 0.6 is 0 Å². The summed E-state index contributed by atoms with van der Waals surface area (Å²) < 4.78 is 4.35. The quantitative estimate of drug-likeness (QED) is 0.547. The number of hydrogen-bond donors (Lipinski definition) is 3. The lowest BCUT2D eigenvalue weighted by Crippen LogP contribution is -2.84. The van der Waals surface area contributed by atoms with E-state index in [0.717, 1.165) is 13.1 Å². The minimum absolute atomic E-state index is 0.00161. The lowest BCUT2D eigenvalue weighted by molar-refractivity contribution is -0.668. The number of hydrogen-bond acceptors (Lipinski definition) is 6. The standard InChI is InChI=1S/C11H14N6O2/c12-10-9(16-19-17-10)11(18)15-6-5-14-7-8-1-3-13-4-2-8/h1-4,14H,5-7H2,(H2,12,17)(H,15,18)/p+1. The lowest BCUT2D eigenvalue weighted by atomic mass is 10.3. The van der Waals surface area contributed by atoms with Crippen molar-refractivity contribution < 1.29 is 14.7 Å². The number of amides is 1. The molecule has 2 aromatic heterocycles. The molecule has 0 spiro atoms. The summed E-state index contributed by atoms with van der Waals surface area (Å²) in [6, 6.07) is 3.91. The van der Waals surface area contributed by atoms with E-state index < -0.39 is 0 Å². The number of nitrogen functional groups attached to an aromatic ring is 1. The summed E-state index contributed by atoms with van der Waals surface area (Å²) in [7, 11) is 0. The average molecular weight is 263 g/mol. The first-order valence-electron chi connectivity index (χ1n) is 5.84. The van der Waals surface area contributed by atoms with E-state index in [1.807, 2.05) is 12.1 Å². The molecule has 0 atom stereocenters. The number of nitrogens with two attached hydrogens (primary N) is 2. The highest BCUT2D eigenvalue weighted by Gasteiger charge is 2.15. The Balaban J connectivity index is 1.65. The van der Waals surface area contributed by atoms with Gasteiger partial charge in [-0.2, -0.15) is 0 Å². The van der Waals surface area contributed by atoms with Crippen molar-refractivity contribution in [2.75, 3.05) is 18.8 Å². The fourth-order valence-electron chi connectivity index (χ4n) is 1.51. The van der Waals surface area contributed by atoms with Crippen LogP contribution in [-0.2, 0) is 6.54 Å². The number of nitrogens with zero attached hydrogens (tertiary/aromatic N) is 3. The number of carbonyl (C=O) groups excluding carboxylic acids is 1. The van der Waals surface area contributed by atoms with Crippen LogP contribution < -0.4 is 16.4 Å². The van der Waals surface area contributed by atoms with Gasteiger partial charge in [0.05, 0.1) is 13.1 Å². The van der Waals surface area contributed by atoms with Gasteiger partial charge >= 0.3 is 0 Å². The Kier molecular flexibility index (Phi) is 4.40. The van der Waals surface area contributed by atoms with E-state index in [2.05, 4.69) is 30.6 Å². The number of carbonyl (C=O) groups is 1. The molecule has 0 fully saturated rings. The van der Waals surface area contributed by atoms with Gasteiger partial charge in [0, 0.05) is 18.0 Å². The van der Waals surface area contributed by atoms with Gasteiger partial charge in [0.2, 0.25) is 11.5 Å². The fourth-order valence-corrected chi connectivity index (χ4v) is 1.51. The van der Waals surface area contributed by atoms with Crippen molar-refractivity contribution >= 4 is 11.7 Å². The van der Waals surface area contributed by atoms with Crippen LogP contribution in [0, 0.1) is 0 Å². The molecule has 100 valence electrons. The van der Waals surface area contributed by atoms with Gasteiger partial charge in [0.15, 0.2) is 0 Å². The Morgan fingerprint density at radius 3 is 2.84 bits per heavy atom. The first-order valence-corrected chi connectivity index (χ1v) is 5.84. The van der Waals surface area contributed by atoms with Crippen LogP contribution in [0.25, 0.3) is 0 Å². The molecule has 2 rings (SSSR count). The Morgan fingerprint density at radius 2 is 2.16 bits per heavy atom. The summed E-state index contributed by atoms with van der Waals surface area (Å²) >= 11 is 0. The summed E-state index contributed by atoms with van der Waals surface area (Å²) in [5.41, 5.74) is 6.61. The van der Waals surface area contributed by atoms with Crippen molar-refractivity contribution in [2.45, 2.75) is 6.54 Å². The molecule has 2 heterocycles. The average Bonchev–Trinajstić information content (AvgIpc) is 2.86. The number of pyridine rings is 1. The van der Waals surface area contributed by atoms with Gasteiger partial charge in [-0.15, -0.1) is 0 Å². The molecule has 0 radical (unpaired) electrons. The maximum Gasteiger partial charge on any atom is 0.277 e. The molecule has 0 bridgehead atoms. The molecule has 0 aliphatic heterocycles. The second-order valence-corrected chi connectivity index (χ2v) is 3.89. The Hall–Kier alpha value is -2.48. The van der Waals surface area contributed by atoms with Crippen LogP contribution in [0.5, 0.6) is 0 Å². The highest BCUT2D eigenvalue weighted by Crippen LogP contribution is 2.02. The van der Waals surface area contributed by atoms with Crippen LogP contribution in [0.4, 0.5) is 5.82 Å². The molecule has 0 saturated carbocycles. The zero-order valence-electron chi connectivity index (χ0n) is 10.2. The largest absolute Gasteiger partial charge is 0.379 e. The number of anilines is 1. The lowest BCUT2D eigenvalue weighted by Gasteiger charge is -2.03. The molecule has 8 nitrogen and oxygen atoms in total. The Labute approximate surface area is 109 Å². The van der Waals surface area contributed by atoms with Crippen molar-refractivity contribution in [1.82, 2.24) is 20.6 Å². The molecular weight excluding hydrogens is 248 g/mol. The summed E-state index contributed by atoms with van der Waals surface area (Å²) in [5, 5.41) is 11.5. The number of nitrogens with one attached hydrogen (secondary N) is 1. The third-order valence-corrected chi connectivity index (χ3v) is 2.49. The molecule has 0 saturated heterocycles. The minimum atomic E-state index is -0.379. The van der Waals surface area contributed by atoms with Gasteiger partial charge in [0.1, 0.15) is 6.54 Å². The smallest absolute Gasteiger partial charge is 0.277 e. The van der Waals surface area contributed by atoms with Gasteiger partial charge in [-0.3, -0.25) is 9.78 Å². The Morgan fingerprint density at radius 1 is 1.37 bits per heavy atom. The molecular formula is C11H15N6O2+. The summed E-state index contributed by atoms with van der Waals surface area (Å²) in [5.74, 6) is -0.380. The van der Waals surface area contributed by atoms with Crippen molar-refractivity contribution in [3.63, 3.8) is 0 Å². The van der Waals surface area contributed by atoms with Crippen LogP contribution in [0.15, 0.2) is 29.2 Å². The highest BCUT2D eigenvalue weighted by atomic mass is 16.6. The number of aromatic nitrogens is 3. The Bertz CT molecular complexity index is 527. The van der Waals surface area contributed by atoms with Gasteiger partial charge in [-0.25, -0.2) is 4.63 Å². The summed E-state index contributed by atoms with van der Waals surface area (Å²) in [6.45, 7) is 2.10. The normalized spacial score (nSPS) is 10.3. The highest BCUT2D eigenvalue weighted by molar-refractivity contribution is 5.95. The zero-order chi connectivity index (χ0) is 13.5. The van der Waals surface area contributed by atoms with Gasteiger partial charge in [-0.1, -0.05) is 0 Å². The molecule has 19 heavy (non-hydrogen) atoms. The summed E-state index contributed by atoms with van der Waals surface area (Å²) in [4.78, 5) is 15.5. The van der Waals surface area contributed by atoms with E-state index in [9.17, 15) is 4.79 Å². The van der Waals surface area contributed by atoms with E-state index in [4.69, 9.17) is 5.73 Å². The van der Waals surface area contributed by atoms with E-state index >= 15 is 0 Å². The molecule has 0 aliphatic rings.